The molecule has 0 aromatic heterocycles. The van der Waals surface area contributed by atoms with Gasteiger partial charge < -0.3 is 15.2 Å². The van der Waals surface area contributed by atoms with Crippen LogP contribution in [0.3, 0.4) is 0 Å². The molecule has 0 atom stereocenters. The average molecular weight is 312 g/mol. The SMILES string of the molecule is COc1ccc(Cl)cc1COc1ccc(Cl)cc1CN. The van der Waals surface area contributed by atoms with Gasteiger partial charge in [-0.15, -0.1) is 0 Å². The molecule has 0 amide bonds. The molecule has 0 aliphatic heterocycles. The molecule has 2 rings (SSSR count). The predicted octanol–water partition coefficient (Wildman–Crippen LogP) is 4.04. The van der Waals surface area contributed by atoms with Crippen LogP contribution in [0.1, 0.15) is 11.1 Å². The van der Waals surface area contributed by atoms with Crippen LogP contribution in [0.5, 0.6) is 11.5 Å². The summed E-state index contributed by atoms with van der Waals surface area (Å²) in [7, 11) is 1.61. The zero-order chi connectivity index (χ0) is 14.5. The van der Waals surface area contributed by atoms with Crippen LogP contribution in [0.2, 0.25) is 10.0 Å². The maximum absolute atomic E-state index is 5.99. The van der Waals surface area contributed by atoms with E-state index < -0.39 is 0 Å². The predicted molar refractivity (Wildman–Crippen MR) is 81.7 cm³/mol. The fourth-order valence-corrected chi connectivity index (χ4v) is 2.25. The second-order valence-electron chi connectivity index (χ2n) is 4.20. The van der Waals surface area contributed by atoms with Crippen molar-refractivity contribution in [2.24, 2.45) is 5.73 Å². The van der Waals surface area contributed by atoms with Crippen LogP contribution in [0.25, 0.3) is 0 Å². The summed E-state index contributed by atoms with van der Waals surface area (Å²) < 4.78 is 11.1. The Labute approximate surface area is 128 Å². The topological polar surface area (TPSA) is 44.5 Å². The Balaban J connectivity index is 2.18. The van der Waals surface area contributed by atoms with Crippen molar-refractivity contribution in [2.75, 3.05) is 7.11 Å². The van der Waals surface area contributed by atoms with Crippen molar-refractivity contribution in [3.63, 3.8) is 0 Å². The van der Waals surface area contributed by atoms with E-state index in [0.29, 0.717) is 28.9 Å². The van der Waals surface area contributed by atoms with E-state index >= 15 is 0 Å². The van der Waals surface area contributed by atoms with Crippen LogP contribution in [0, 0.1) is 0 Å². The van der Waals surface area contributed by atoms with Crippen molar-refractivity contribution in [1.82, 2.24) is 0 Å². The fraction of sp³-hybridized carbons (Fsp3) is 0.200. The van der Waals surface area contributed by atoms with Crippen molar-refractivity contribution < 1.29 is 9.47 Å². The van der Waals surface area contributed by atoms with Gasteiger partial charge in [0.25, 0.3) is 0 Å². The van der Waals surface area contributed by atoms with Gasteiger partial charge >= 0.3 is 0 Å². The number of methoxy groups -OCH3 is 1. The summed E-state index contributed by atoms with van der Waals surface area (Å²) in [6.07, 6.45) is 0. The van der Waals surface area contributed by atoms with E-state index in [1.807, 2.05) is 18.2 Å². The zero-order valence-electron chi connectivity index (χ0n) is 11.0. The Hall–Kier alpha value is -1.42. The number of ether oxygens (including phenoxy) is 2. The van der Waals surface area contributed by atoms with Crippen LogP contribution in [-0.4, -0.2) is 7.11 Å². The number of halogens is 2. The molecule has 5 heteroatoms. The molecule has 0 aliphatic rings. The minimum Gasteiger partial charge on any atom is -0.496 e. The first kappa shape index (κ1) is 15.0. The molecular weight excluding hydrogens is 297 g/mol. The quantitative estimate of drug-likeness (QED) is 0.906. The molecule has 0 spiro atoms. The summed E-state index contributed by atoms with van der Waals surface area (Å²) >= 11 is 11.9. The summed E-state index contributed by atoms with van der Waals surface area (Å²) in [5.74, 6) is 1.44. The summed E-state index contributed by atoms with van der Waals surface area (Å²) in [5.41, 5.74) is 7.42. The van der Waals surface area contributed by atoms with E-state index in [0.717, 1.165) is 16.9 Å². The Kier molecular flexibility index (Phi) is 5.12. The first-order chi connectivity index (χ1) is 9.63. The Bertz CT molecular complexity index is 602. The lowest BCUT2D eigenvalue weighted by Gasteiger charge is -2.13. The maximum atomic E-state index is 5.99. The number of nitrogens with two attached hydrogens (primary N) is 1. The van der Waals surface area contributed by atoms with E-state index in [1.165, 1.54) is 0 Å². The molecule has 2 aromatic rings. The van der Waals surface area contributed by atoms with Gasteiger partial charge in [-0.05, 0) is 36.4 Å². The lowest BCUT2D eigenvalue weighted by molar-refractivity contribution is 0.294. The van der Waals surface area contributed by atoms with Crippen LogP contribution in [0.15, 0.2) is 36.4 Å². The molecule has 0 radical (unpaired) electrons. The van der Waals surface area contributed by atoms with Crippen molar-refractivity contribution in [2.45, 2.75) is 13.2 Å². The smallest absolute Gasteiger partial charge is 0.125 e. The Morgan fingerprint density at radius 1 is 0.950 bits per heavy atom. The molecule has 2 aromatic carbocycles. The molecule has 3 nitrogen and oxygen atoms in total. The van der Waals surface area contributed by atoms with Gasteiger partial charge in [-0.25, -0.2) is 0 Å². The normalized spacial score (nSPS) is 10.4. The van der Waals surface area contributed by atoms with Crippen LogP contribution < -0.4 is 15.2 Å². The minimum absolute atomic E-state index is 0.346. The van der Waals surface area contributed by atoms with E-state index in [4.69, 9.17) is 38.4 Å². The average Bonchev–Trinajstić information content (AvgIpc) is 2.46. The van der Waals surface area contributed by atoms with Crippen LogP contribution >= 0.6 is 23.2 Å². The summed E-state index contributed by atoms with van der Waals surface area (Å²) in [5, 5.41) is 1.28. The molecule has 0 bridgehead atoms. The van der Waals surface area contributed by atoms with E-state index in [2.05, 4.69) is 0 Å². The van der Waals surface area contributed by atoms with Gasteiger partial charge in [0.05, 0.1) is 7.11 Å². The molecule has 0 heterocycles. The van der Waals surface area contributed by atoms with Crippen molar-refractivity contribution >= 4 is 23.2 Å². The van der Waals surface area contributed by atoms with Gasteiger partial charge in [0.2, 0.25) is 0 Å². The van der Waals surface area contributed by atoms with Gasteiger partial charge in [-0.3, -0.25) is 0 Å². The number of hydrogen-bond donors (Lipinski definition) is 1. The summed E-state index contributed by atoms with van der Waals surface area (Å²) in [4.78, 5) is 0. The number of benzene rings is 2. The highest BCUT2D eigenvalue weighted by Gasteiger charge is 2.07. The first-order valence-corrected chi connectivity index (χ1v) is 6.83. The van der Waals surface area contributed by atoms with Crippen LogP contribution in [-0.2, 0) is 13.2 Å². The first-order valence-electron chi connectivity index (χ1n) is 6.07. The fourth-order valence-electron chi connectivity index (χ4n) is 1.86. The highest BCUT2D eigenvalue weighted by atomic mass is 35.5. The number of hydrogen-bond acceptors (Lipinski definition) is 3. The molecule has 0 saturated carbocycles. The molecule has 0 aliphatic carbocycles. The highest BCUT2D eigenvalue weighted by molar-refractivity contribution is 6.31. The lowest BCUT2D eigenvalue weighted by atomic mass is 10.2. The van der Waals surface area contributed by atoms with Crippen molar-refractivity contribution in [1.29, 1.82) is 0 Å². The third kappa shape index (κ3) is 3.57. The van der Waals surface area contributed by atoms with Gasteiger partial charge in [-0.2, -0.15) is 0 Å². The minimum atomic E-state index is 0.346. The van der Waals surface area contributed by atoms with E-state index in [9.17, 15) is 0 Å². The summed E-state index contributed by atoms with van der Waals surface area (Å²) in [6, 6.07) is 10.8. The standard InChI is InChI=1S/C15H15Cl2NO2/c1-19-14-4-2-13(17)7-11(14)9-20-15-5-3-12(16)6-10(15)8-18/h2-7H,8-9,18H2,1H3. The van der Waals surface area contributed by atoms with Gasteiger partial charge in [-0.1, -0.05) is 23.2 Å². The molecule has 20 heavy (non-hydrogen) atoms. The molecule has 0 fully saturated rings. The van der Waals surface area contributed by atoms with Gasteiger partial charge in [0, 0.05) is 27.7 Å². The zero-order valence-corrected chi connectivity index (χ0v) is 12.5. The molecule has 2 N–H and O–H groups in total. The van der Waals surface area contributed by atoms with E-state index in [1.54, 1.807) is 25.3 Å². The van der Waals surface area contributed by atoms with Crippen LogP contribution in [0.4, 0.5) is 0 Å². The highest BCUT2D eigenvalue weighted by Crippen LogP contribution is 2.27. The summed E-state index contributed by atoms with van der Waals surface area (Å²) in [6.45, 7) is 0.709. The second-order valence-corrected chi connectivity index (χ2v) is 5.07. The third-order valence-electron chi connectivity index (χ3n) is 2.87. The second kappa shape index (κ2) is 6.84. The monoisotopic (exact) mass is 311 g/mol. The lowest BCUT2D eigenvalue weighted by Crippen LogP contribution is -2.03. The van der Waals surface area contributed by atoms with E-state index in [-0.39, 0.29) is 0 Å². The Morgan fingerprint density at radius 3 is 2.15 bits per heavy atom. The van der Waals surface area contributed by atoms with Crippen molar-refractivity contribution in [3.8, 4) is 11.5 Å². The van der Waals surface area contributed by atoms with Gasteiger partial charge in [0.15, 0.2) is 0 Å². The Morgan fingerprint density at radius 2 is 1.55 bits per heavy atom. The molecule has 0 saturated heterocycles. The largest absolute Gasteiger partial charge is 0.496 e. The number of rotatable bonds is 5. The molecular formula is C15H15Cl2NO2. The molecule has 106 valence electrons. The molecule has 0 unspecified atom stereocenters. The van der Waals surface area contributed by atoms with Crippen molar-refractivity contribution in [3.05, 3.63) is 57.6 Å². The van der Waals surface area contributed by atoms with Gasteiger partial charge in [0.1, 0.15) is 18.1 Å². The maximum Gasteiger partial charge on any atom is 0.125 e. The third-order valence-corrected chi connectivity index (χ3v) is 3.34.